The number of likely N-dealkylation sites (N-methyl/N-ethyl adjacent to an activating group) is 2. The van der Waals surface area contributed by atoms with Gasteiger partial charge in [0.2, 0.25) is 5.91 Å². The van der Waals surface area contributed by atoms with Crippen molar-refractivity contribution < 1.29 is 9.59 Å². The number of nitrogens with one attached hydrogen (secondary N) is 2. The Kier molecular flexibility index (Phi) is 8.68. The molecule has 156 valence electrons. The number of anilines is 1. The lowest BCUT2D eigenvalue weighted by atomic mass is 10.1. The van der Waals surface area contributed by atoms with Gasteiger partial charge in [-0.25, -0.2) is 0 Å². The number of aryl methyl sites for hydroxylation is 1. The van der Waals surface area contributed by atoms with E-state index in [1.165, 1.54) is 11.3 Å². The van der Waals surface area contributed by atoms with Crippen LogP contribution in [0.25, 0.3) is 0 Å². The first-order valence-electron chi connectivity index (χ1n) is 10.0. The summed E-state index contributed by atoms with van der Waals surface area (Å²) >= 11 is 0. The molecule has 0 aliphatic rings. The molecule has 0 bridgehead atoms. The number of rotatable bonds is 10. The normalized spacial score (nSPS) is 10.7. The molecular formula is C23H32N4O2. The predicted octanol–water partition coefficient (Wildman–Crippen LogP) is 2.43. The molecule has 0 aliphatic heterocycles. The summed E-state index contributed by atoms with van der Waals surface area (Å²) < 4.78 is 0. The fourth-order valence-electron chi connectivity index (χ4n) is 3.20. The van der Waals surface area contributed by atoms with Crippen LogP contribution in [0.1, 0.15) is 28.4 Å². The first kappa shape index (κ1) is 22.4. The molecule has 0 aromatic heterocycles. The van der Waals surface area contributed by atoms with Crippen LogP contribution in [0.4, 0.5) is 5.69 Å². The van der Waals surface area contributed by atoms with Crippen molar-refractivity contribution >= 4 is 17.5 Å². The van der Waals surface area contributed by atoms with Crippen molar-refractivity contribution in [3.05, 3.63) is 65.2 Å². The molecule has 0 heterocycles. The summed E-state index contributed by atoms with van der Waals surface area (Å²) in [5.41, 5.74) is 4.10. The van der Waals surface area contributed by atoms with Crippen LogP contribution in [0.5, 0.6) is 0 Å². The lowest BCUT2D eigenvalue weighted by molar-refractivity contribution is -0.122. The van der Waals surface area contributed by atoms with Gasteiger partial charge in [0.1, 0.15) is 0 Å². The van der Waals surface area contributed by atoms with Crippen LogP contribution in [0.15, 0.2) is 48.5 Å². The lowest BCUT2D eigenvalue weighted by Gasteiger charge is -2.24. The third-order valence-corrected chi connectivity index (χ3v) is 4.76. The van der Waals surface area contributed by atoms with Crippen molar-refractivity contribution in [3.8, 4) is 0 Å². The summed E-state index contributed by atoms with van der Waals surface area (Å²) in [6, 6.07) is 15.8. The zero-order valence-electron chi connectivity index (χ0n) is 17.9. The van der Waals surface area contributed by atoms with Crippen LogP contribution in [-0.4, -0.2) is 57.0 Å². The van der Waals surface area contributed by atoms with Gasteiger partial charge in [-0.3, -0.25) is 14.5 Å². The second-order valence-electron chi connectivity index (χ2n) is 7.22. The highest BCUT2D eigenvalue weighted by atomic mass is 16.2. The Bertz CT molecular complexity index is 805. The molecule has 0 unspecified atom stereocenters. The average Bonchev–Trinajstić information content (AvgIpc) is 2.71. The highest BCUT2D eigenvalue weighted by molar-refractivity contribution is 5.93. The van der Waals surface area contributed by atoms with Crippen molar-refractivity contribution in [1.82, 2.24) is 15.5 Å². The van der Waals surface area contributed by atoms with Gasteiger partial charge in [0.15, 0.2) is 0 Å². The van der Waals surface area contributed by atoms with E-state index in [1.807, 2.05) is 24.1 Å². The highest BCUT2D eigenvalue weighted by Gasteiger charge is 2.09. The van der Waals surface area contributed by atoms with Gasteiger partial charge in [0, 0.05) is 44.5 Å². The molecule has 6 nitrogen and oxygen atoms in total. The van der Waals surface area contributed by atoms with E-state index in [4.69, 9.17) is 0 Å². The Hall–Kier alpha value is -2.86. The van der Waals surface area contributed by atoms with Gasteiger partial charge in [-0.2, -0.15) is 0 Å². The molecular weight excluding hydrogens is 364 g/mol. The smallest absolute Gasteiger partial charge is 0.251 e. The third kappa shape index (κ3) is 7.23. The van der Waals surface area contributed by atoms with Gasteiger partial charge in [-0.15, -0.1) is 0 Å². The number of carbonyl (C=O) groups is 2. The first-order valence-corrected chi connectivity index (χ1v) is 10.0. The van der Waals surface area contributed by atoms with E-state index < -0.39 is 0 Å². The van der Waals surface area contributed by atoms with Gasteiger partial charge in [-0.1, -0.05) is 24.3 Å². The van der Waals surface area contributed by atoms with Crippen molar-refractivity contribution in [2.45, 2.75) is 20.4 Å². The van der Waals surface area contributed by atoms with Gasteiger partial charge in [0.05, 0.1) is 6.54 Å². The monoisotopic (exact) mass is 396 g/mol. The van der Waals surface area contributed by atoms with Crippen molar-refractivity contribution in [3.63, 3.8) is 0 Å². The highest BCUT2D eigenvalue weighted by Crippen LogP contribution is 2.15. The van der Waals surface area contributed by atoms with Crippen molar-refractivity contribution in [2.24, 2.45) is 0 Å². The second kappa shape index (κ2) is 11.2. The fraction of sp³-hybridized carbons (Fsp3) is 0.391. The maximum absolute atomic E-state index is 12.3. The van der Waals surface area contributed by atoms with Gasteiger partial charge < -0.3 is 15.5 Å². The van der Waals surface area contributed by atoms with Crippen LogP contribution >= 0.6 is 0 Å². The topological polar surface area (TPSA) is 64.7 Å². The molecule has 2 aromatic rings. The Morgan fingerprint density at radius 3 is 2.41 bits per heavy atom. The second-order valence-corrected chi connectivity index (χ2v) is 7.22. The Labute approximate surface area is 173 Å². The molecule has 0 saturated carbocycles. The zero-order chi connectivity index (χ0) is 21.2. The first-order chi connectivity index (χ1) is 13.9. The summed E-state index contributed by atoms with van der Waals surface area (Å²) in [4.78, 5) is 28.1. The van der Waals surface area contributed by atoms with Crippen LogP contribution in [0.2, 0.25) is 0 Å². The Morgan fingerprint density at radius 2 is 1.79 bits per heavy atom. The number of nitrogens with zero attached hydrogens (tertiary/aromatic N) is 2. The van der Waals surface area contributed by atoms with Crippen LogP contribution in [0.3, 0.4) is 0 Å². The largest absolute Gasteiger partial charge is 0.370 e. The minimum Gasteiger partial charge on any atom is -0.370 e. The number of amides is 2. The quantitative estimate of drug-likeness (QED) is 0.647. The molecule has 0 aliphatic carbocycles. The molecule has 29 heavy (non-hydrogen) atoms. The molecule has 0 fully saturated rings. The van der Waals surface area contributed by atoms with E-state index in [1.54, 1.807) is 19.2 Å². The number of hydrogen-bond donors (Lipinski definition) is 2. The molecule has 2 amide bonds. The van der Waals surface area contributed by atoms with Crippen LogP contribution in [-0.2, 0) is 11.3 Å². The van der Waals surface area contributed by atoms with Gasteiger partial charge >= 0.3 is 0 Å². The molecule has 6 heteroatoms. The van der Waals surface area contributed by atoms with E-state index in [-0.39, 0.29) is 11.8 Å². The standard InChI is InChI=1S/C23H32N4O2/c1-5-27(21-8-6-7-18(2)15-21)14-13-25-22(28)17-26(4)16-19-9-11-20(12-10-19)23(29)24-3/h6-12,15H,5,13-14,16-17H2,1-4H3,(H,24,29)(H,25,28). The maximum Gasteiger partial charge on any atom is 0.251 e. The molecule has 0 saturated heterocycles. The van der Waals surface area contributed by atoms with Crippen molar-refractivity contribution in [1.29, 1.82) is 0 Å². The summed E-state index contributed by atoms with van der Waals surface area (Å²) in [6.45, 7) is 7.45. The number of carbonyl (C=O) groups excluding carboxylic acids is 2. The summed E-state index contributed by atoms with van der Waals surface area (Å²) in [5, 5.41) is 5.61. The Morgan fingerprint density at radius 1 is 1.07 bits per heavy atom. The van der Waals surface area contributed by atoms with E-state index in [2.05, 4.69) is 53.6 Å². The molecule has 2 rings (SSSR count). The SMILES string of the molecule is CCN(CCNC(=O)CN(C)Cc1ccc(C(=O)NC)cc1)c1cccc(C)c1. The van der Waals surface area contributed by atoms with Crippen LogP contribution < -0.4 is 15.5 Å². The molecule has 0 atom stereocenters. The minimum absolute atomic E-state index is 0.00905. The van der Waals surface area contributed by atoms with Gasteiger partial charge in [0.25, 0.3) is 5.91 Å². The third-order valence-electron chi connectivity index (χ3n) is 4.76. The molecule has 2 aromatic carbocycles. The average molecular weight is 397 g/mol. The molecule has 0 spiro atoms. The van der Waals surface area contributed by atoms with E-state index >= 15 is 0 Å². The zero-order valence-corrected chi connectivity index (χ0v) is 17.9. The Balaban J connectivity index is 1.76. The summed E-state index contributed by atoms with van der Waals surface area (Å²) in [6.07, 6.45) is 0. The molecule has 0 radical (unpaired) electrons. The maximum atomic E-state index is 12.3. The summed E-state index contributed by atoms with van der Waals surface area (Å²) in [7, 11) is 3.53. The van der Waals surface area contributed by atoms with E-state index in [0.29, 0.717) is 25.2 Å². The lowest BCUT2D eigenvalue weighted by Crippen LogP contribution is -2.39. The van der Waals surface area contributed by atoms with E-state index in [9.17, 15) is 9.59 Å². The van der Waals surface area contributed by atoms with Crippen molar-refractivity contribution in [2.75, 3.05) is 45.2 Å². The minimum atomic E-state index is -0.101. The summed E-state index contributed by atoms with van der Waals surface area (Å²) in [5.74, 6) is -0.0918. The predicted molar refractivity (Wildman–Crippen MR) is 118 cm³/mol. The molecule has 2 N–H and O–H groups in total. The van der Waals surface area contributed by atoms with E-state index in [0.717, 1.165) is 18.7 Å². The number of hydrogen-bond acceptors (Lipinski definition) is 4. The van der Waals surface area contributed by atoms with Crippen LogP contribution in [0, 0.1) is 6.92 Å². The fourth-order valence-corrected chi connectivity index (χ4v) is 3.20. The van der Waals surface area contributed by atoms with Gasteiger partial charge in [-0.05, 0) is 56.3 Å². The number of benzene rings is 2.